The third-order valence-corrected chi connectivity index (χ3v) is 5.66. The number of benzene rings is 1. The first kappa shape index (κ1) is 14.9. The molecule has 0 amide bonds. The Bertz CT molecular complexity index is 526. The number of halogens is 1. The normalized spacial score (nSPS) is 28.8. The van der Waals surface area contributed by atoms with E-state index in [0.717, 1.165) is 30.2 Å². The van der Waals surface area contributed by atoms with E-state index in [1.165, 1.54) is 32.1 Å². The second-order valence-corrected chi connectivity index (χ2v) is 6.94. The zero-order valence-electron chi connectivity index (χ0n) is 12.6. The molecule has 0 aliphatic heterocycles. The van der Waals surface area contributed by atoms with Crippen LogP contribution in [0, 0.1) is 17.8 Å². The smallest absolute Gasteiger partial charge is 0.166 e. The van der Waals surface area contributed by atoms with E-state index in [-0.39, 0.29) is 11.7 Å². The maximum Gasteiger partial charge on any atom is 0.166 e. The fraction of sp³-hybridized carbons (Fsp3) is 0.611. The first-order valence-corrected chi connectivity index (χ1v) is 8.44. The Hall–Kier alpha value is -1.02. The van der Waals surface area contributed by atoms with Gasteiger partial charge in [-0.1, -0.05) is 37.3 Å². The Kier molecular flexibility index (Phi) is 4.54. The van der Waals surface area contributed by atoms with Gasteiger partial charge in [-0.2, -0.15) is 0 Å². The van der Waals surface area contributed by atoms with Crippen LogP contribution in [-0.4, -0.2) is 12.9 Å². The largest absolute Gasteiger partial charge is 0.495 e. The molecule has 3 unspecified atom stereocenters. The average Bonchev–Trinajstić information content (AvgIpc) is 2.54. The van der Waals surface area contributed by atoms with Crippen LogP contribution in [0.4, 0.5) is 0 Å². The minimum absolute atomic E-state index is 0.190. The fourth-order valence-corrected chi connectivity index (χ4v) is 4.35. The fourth-order valence-electron chi connectivity index (χ4n) is 4.16. The molecule has 2 aliphatic carbocycles. The number of ketones is 1. The number of ether oxygens (including phenoxy) is 1. The molecule has 0 bridgehead atoms. The van der Waals surface area contributed by atoms with Crippen LogP contribution in [0.3, 0.4) is 0 Å². The second-order valence-electron chi connectivity index (χ2n) is 6.53. The molecule has 3 atom stereocenters. The molecule has 2 nitrogen and oxygen atoms in total. The lowest BCUT2D eigenvalue weighted by Crippen LogP contribution is -2.31. The summed E-state index contributed by atoms with van der Waals surface area (Å²) in [5.74, 6) is 2.70. The van der Waals surface area contributed by atoms with Crippen molar-refractivity contribution in [1.29, 1.82) is 0 Å². The van der Waals surface area contributed by atoms with Gasteiger partial charge in [-0.3, -0.25) is 4.79 Å². The summed E-state index contributed by atoms with van der Waals surface area (Å²) in [7, 11) is 1.59. The quantitative estimate of drug-likeness (QED) is 0.723. The van der Waals surface area contributed by atoms with Crippen molar-refractivity contribution in [3.8, 4) is 5.75 Å². The molecule has 0 saturated heterocycles. The summed E-state index contributed by atoms with van der Waals surface area (Å²) in [4.78, 5) is 12.8. The van der Waals surface area contributed by atoms with Crippen LogP contribution in [0.25, 0.3) is 0 Å². The Balaban J connectivity index is 1.73. The maximum absolute atomic E-state index is 12.8. The number of hydrogen-bond acceptors (Lipinski definition) is 2. The van der Waals surface area contributed by atoms with Crippen LogP contribution >= 0.6 is 11.6 Å². The molecule has 1 aromatic rings. The molecule has 2 fully saturated rings. The van der Waals surface area contributed by atoms with Crippen molar-refractivity contribution in [1.82, 2.24) is 0 Å². The average molecular weight is 307 g/mol. The van der Waals surface area contributed by atoms with Gasteiger partial charge in [-0.15, -0.1) is 0 Å². The van der Waals surface area contributed by atoms with E-state index in [9.17, 15) is 4.79 Å². The van der Waals surface area contributed by atoms with E-state index in [1.807, 2.05) is 6.07 Å². The predicted molar refractivity (Wildman–Crippen MR) is 85.1 cm³/mol. The second kappa shape index (κ2) is 6.39. The van der Waals surface area contributed by atoms with Gasteiger partial charge in [0.1, 0.15) is 5.75 Å². The number of hydrogen-bond donors (Lipinski definition) is 0. The molecule has 0 aromatic heterocycles. The molecule has 3 rings (SSSR count). The van der Waals surface area contributed by atoms with Crippen LogP contribution < -0.4 is 4.74 Å². The molecule has 2 aliphatic rings. The first-order valence-electron chi connectivity index (χ1n) is 8.07. The lowest BCUT2D eigenvalue weighted by molar-refractivity contribution is 0.0763. The summed E-state index contributed by atoms with van der Waals surface area (Å²) in [6, 6.07) is 5.39. The number of Topliss-reactive ketones (excluding diaryl/α,β-unsaturated/α-hetero) is 1. The van der Waals surface area contributed by atoms with E-state index in [2.05, 4.69) is 0 Å². The van der Waals surface area contributed by atoms with Gasteiger partial charge in [0.2, 0.25) is 0 Å². The number of carbonyl (C=O) groups excluding carboxylic acids is 1. The number of fused-ring (bicyclic) bond motifs is 1. The molecular weight excluding hydrogens is 284 g/mol. The Labute approximate surface area is 131 Å². The molecular formula is C18H23ClO2. The molecule has 0 radical (unpaired) electrons. The SMILES string of the molecule is COc1cc(C(=O)C2CCC3CCCCC3C2)ccc1Cl. The van der Waals surface area contributed by atoms with Crippen molar-refractivity contribution >= 4 is 17.4 Å². The van der Waals surface area contributed by atoms with E-state index in [4.69, 9.17) is 16.3 Å². The molecule has 114 valence electrons. The molecule has 0 N–H and O–H groups in total. The van der Waals surface area contributed by atoms with Crippen LogP contribution in [0.1, 0.15) is 55.3 Å². The summed E-state index contributed by atoms with van der Waals surface area (Å²) in [6.45, 7) is 0. The van der Waals surface area contributed by atoms with Crippen molar-refractivity contribution in [2.45, 2.75) is 44.9 Å². The van der Waals surface area contributed by atoms with Crippen LogP contribution in [0.2, 0.25) is 5.02 Å². The topological polar surface area (TPSA) is 26.3 Å². The van der Waals surface area contributed by atoms with Crippen molar-refractivity contribution in [2.75, 3.05) is 7.11 Å². The van der Waals surface area contributed by atoms with Crippen molar-refractivity contribution in [3.63, 3.8) is 0 Å². The molecule has 21 heavy (non-hydrogen) atoms. The number of rotatable bonds is 3. The molecule has 0 spiro atoms. The highest BCUT2D eigenvalue weighted by Crippen LogP contribution is 2.43. The molecule has 1 aromatic carbocycles. The molecule has 2 saturated carbocycles. The van der Waals surface area contributed by atoms with Gasteiger partial charge in [0.25, 0.3) is 0 Å². The van der Waals surface area contributed by atoms with Crippen LogP contribution in [0.5, 0.6) is 5.75 Å². The van der Waals surface area contributed by atoms with Crippen LogP contribution in [-0.2, 0) is 0 Å². The number of methoxy groups -OCH3 is 1. The first-order chi connectivity index (χ1) is 10.2. The summed E-state index contributed by atoms with van der Waals surface area (Å²) in [5, 5.41) is 0.560. The highest BCUT2D eigenvalue weighted by molar-refractivity contribution is 6.32. The van der Waals surface area contributed by atoms with Gasteiger partial charge in [0, 0.05) is 11.5 Å². The zero-order chi connectivity index (χ0) is 14.8. The maximum atomic E-state index is 12.8. The van der Waals surface area contributed by atoms with E-state index in [0.29, 0.717) is 10.8 Å². The van der Waals surface area contributed by atoms with Gasteiger partial charge < -0.3 is 4.74 Å². The van der Waals surface area contributed by atoms with Gasteiger partial charge in [0.05, 0.1) is 12.1 Å². The minimum Gasteiger partial charge on any atom is -0.495 e. The Morgan fingerprint density at radius 2 is 1.90 bits per heavy atom. The highest BCUT2D eigenvalue weighted by atomic mass is 35.5. The third kappa shape index (κ3) is 3.11. The van der Waals surface area contributed by atoms with E-state index in [1.54, 1.807) is 19.2 Å². The summed E-state index contributed by atoms with van der Waals surface area (Å²) < 4.78 is 5.22. The van der Waals surface area contributed by atoms with Crippen molar-refractivity contribution in [3.05, 3.63) is 28.8 Å². The molecule has 3 heteroatoms. The summed E-state index contributed by atoms with van der Waals surface area (Å²) >= 11 is 6.04. The summed E-state index contributed by atoms with van der Waals surface area (Å²) in [5.41, 5.74) is 0.746. The minimum atomic E-state index is 0.190. The monoisotopic (exact) mass is 306 g/mol. The van der Waals surface area contributed by atoms with Gasteiger partial charge in [-0.05, 0) is 49.3 Å². The van der Waals surface area contributed by atoms with E-state index >= 15 is 0 Å². The third-order valence-electron chi connectivity index (χ3n) is 5.35. The van der Waals surface area contributed by atoms with Crippen molar-refractivity contribution in [2.24, 2.45) is 17.8 Å². The van der Waals surface area contributed by atoms with Gasteiger partial charge >= 0.3 is 0 Å². The lowest BCUT2D eigenvalue weighted by Gasteiger charge is -2.38. The Morgan fingerprint density at radius 3 is 2.67 bits per heavy atom. The van der Waals surface area contributed by atoms with Gasteiger partial charge in [-0.25, -0.2) is 0 Å². The highest BCUT2D eigenvalue weighted by Gasteiger charge is 2.35. The van der Waals surface area contributed by atoms with E-state index < -0.39 is 0 Å². The number of carbonyl (C=O) groups is 1. The van der Waals surface area contributed by atoms with Crippen molar-refractivity contribution < 1.29 is 9.53 Å². The Morgan fingerprint density at radius 1 is 1.14 bits per heavy atom. The van der Waals surface area contributed by atoms with Gasteiger partial charge in [0.15, 0.2) is 5.78 Å². The standard InChI is InChI=1S/C18H23ClO2/c1-21-17-11-15(8-9-16(17)19)18(20)14-7-6-12-4-2-3-5-13(12)10-14/h8-9,11-14H,2-7,10H2,1H3. The molecule has 0 heterocycles. The lowest BCUT2D eigenvalue weighted by atomic mass is 9.66. The predicted octanol–water partition coefficient (Wildman–Crippen LogP) is 5.14. The zero-order valence-corrected chi connectivity index (χ0v) is 13.4. The summed E-state index contributed by atoms with van der Waals surface area (Å²) in [6.07, 6.45) is 8.77. The van der Waals surface area contributed by atoms with Crippen LogP contribution in [0.15, 0.2) is 18.2 Å².